The van der Waals surface area contributed by atoms with Gasteiger partial charge < -0.3 is 20.3 Å². The zero-order valence-corrected chi connectivity index (χ0v) is 20.6. The molecule has 0 saturated heterocycles. The monoisotopic (exact) mass is 509 g/mol. The summed E-state index contributed by atoms with van der Waals surface area (Å²) in [6.45, 7) is 4.18. The molecule has 0 atom stereocenters. The van der Waals surface area contributed by atoms with Crippen LogP contribution in [0.25, 0.3) is 0 Å². The number of anilines is 1. The Labute approximate surface area is 213 Å². The van der Waals surface area contributed by atoms with Crippen LogP contribution in [0.15, 0.2) is 60.7 Å². The van der Waals surface area contributed by atoms with Crippen LogP contribution in [0.3, 0.4) is 0 Å². The van der Waals surface area contributed by atoms with E-state index in [1.54, 1.807) is 62.4 Å². The van der Waals surface area contributed by atoms with E-state index in [4.69, 9.17) is 16.3 Å². The molecule has 0 spiro atoms. The van der Waals surface area contributed by atoms with Gasteiger partial charge in [-0.1, -0.05) is 43.6 Å². The highest BCUT2D eigenvalue weighted by Gasteiger charge is 2.26. The smallest absolute Gasteiger partial charge is 0.260 e. The summed E-state index contributed by atoms with van der Waals surface area (Å²) < 4.78 is 18.9. The minimum Gasteiger partial charge on any atom is -0.472 e. The van der Waals surface area contributed by atoms with Crippen LogP contribution >= 0.6 is 11.6 Å². The lowest BCUT2D eigenvalue weighted by molar-refractivity contribution is -0.124. The minimum atomic E-state index is -0.454. The summed E-state index contributed by atoms with van der Waals surface area (Å²) >= 11 is 6.26. The van der Waals surface area contributed by atoms with E-state index >= 15 is 0 Å². The van der Waals surface area contributed by atoms with Gasteiger partial charge in [-0.05, 0) is 53.6 Å². The SMILES string of the molecule is CC(C)C(=O)NCc1ccc(Cl)c(C(=O)Nc2ccc3c(c2)C(=O)N(Cc2ccc(F)cc2)CO3)c1. The van der Waals surface area contributed by atoms with Crippen molar-refractivity contribution < 1.29 is 23.5 Å². The Morgan fingerprint density at radius 1 is 1.06 bits per heavy atom. The van der Waals surface area contributed by atoms with Gasteiger partial charge in [-0.25, -0.2) is 4.39 Å². The topological polar surface area (TPSA) is 87.7 Å². The average molecular weight is 510 g/mol. The Bertz CT molecular complexity index is 1310. The first kappa shape index (κ1) is 25.2. The summed E-state index contributed by atoms with van der Waals surface area (Å²) in [6, 6.07) is 15.7. The summed E-state index contributed by atoms with van der Waals surface area (Å²) in [5, 5.41) is 5.84. The van der Waals surface area contributed by atoms with Crippen LogP contribution in [-0.4, -0.2) is 29.4 Å². The molecule has 0 aromatic heterocycles. The molecule has 0 saturated carbocycles. The number of hydrogen-bond acceptors (Lipinski definition) is 4. The molecule has 3 aromatic carbocycles. The van der Waals surface area contributed by atoms with E-state index < -0.39 is 5.91 Å². The van der Waals surface area contributed by atoms with Gasteiger partial charge in [0.05, 0.1) is 16.1 Å². The number of fused-ring (bicyclic) bond motifs is 1. The van der Waals surface area contributed by atoms with E-state index in [-0.39, 0.29) is 54.0 Å². The molecule has 3 amide bonds. The van der Waals surface area contributed by atoms with Crippen molar-refractivity contribution >= 4 is 35.0 Å². The largest absolute Gasteiger partial charge is 0.472 e. The van der Waals surface area contributed by atoms with Crippen molar-refractivity contribution in [2.45, 2.75) is 26.9 Å². The Hall–Kier alpha value is -3.91. The molecule has 0 aliphatic carbocycles. The second kappa shape index (κ2) is 10.8. The van der Waals surface area contributed by atoms with Gasteiger partial charge in [-0.2, -0.15) is 0 Å². The van der Waals surface area contributed by atoms with Crippen LogP contribution in [0.4, 0.5) is 10.1 Å². The van der Waals surface area contributed by atoms with E-state index in [0.29, 0.717) is 17.0 Å². The van der Waals surface area contributed by atoms with Gasteiger partial charge >= 0.3 is 0 Å². The lowest BCUT2D eigenvalue weighted by Crippen LogP contribution is -2.38. The minimum absolute atomic E-state index is 0.0602. The van der Waals surface area contributed by atoms with Crippen molar-refractivity contribution in [3.8, 4) is 5.75 Å². The highest BCUT2D eigenvalue weighted by Crippen LogP contribution is 2.29. The maximum Gasteiger partial charge on any atom is 0.260 e. The highest BCUT2D eigenvalue weighted by molar-refractivity contribution is 6.34. The van der Waals surface area contributed by atoms with Crippen molar-refractivity contribution in [2.75, 3.05) is 12.0 Å². The maximum atomic E-state index is 13.2. The van der Waals surface area contributed by atoms with Crippen LogP contribution < -0.4 is 15.4 Å². The van der Waals surface area contributed by atoms with Gasteiger partial charge in [-0.15, -0.1) is 0 Å². The zero-order valence-electron chi connectivity index (χ0n) is 19.8. The lowest BCUT2D eigenvalue weighted by atomic mass is 10.1. The fourth-order valence-electron chi connectivity index (χ4n) is 3.65. The summed E-state index contributed by atoms with van der Waals surface area (Å²) in [5.74, 6) is -0.902. The number of carbonyl (C=O) groups excluding carboxylic acids is 3. The fourth-order valence-corrected chi connectivity index (χ4v) is 3.86. The van der Waals surface area contributed by atoms with E-state index in [0.717, 1.165) is 11.1 Å². The van der Waals surface area contributed by atoms with Crippen LogP contribution in [0.2, 0.25) is 5.02 Å². The predicted octanol–water partition coefficient (Wildman–Crippen LogP) is 5.00. The summed E-state index contributed by atoms with van der Waals surface area (Å²) in [5.41, 5.74) is 2.43. The third kappa shape index (κ3) is 5.83. The van der Waals surface area contributed by atoms with Crippen LogP contribution in [0.1, 0.15) is 45.7 Å². The fraction of sp³-hybridized carbons (Fsp3) is 0.222. The zero-order chi connectivity index (χ0) is 25.8. The average Bonchev–Trinajstić information content (AvgIpc) is 2.86. The van der Waals surface area contributed by atoms with Gasteiger partial charge in [-0.3, -0.25) is 14.4 Å². The molecule has 1 aliphatic rings. The number of carbonyl (C=O) groups is 3. The van der Waals surface area contributed by atoms with Crippen molar-refractivity contribution in [1.82, 2.24) is 10.2 Å². The second-order valence-corrected chi connectivity index (χ2v) is 9.16. The number of amides is 3. The molecule has 186 valence electrons. The molecule has 1 heterocycles. The molecule has 0 bridgehead atoms. The Balaban J connectivity index is 1.47. The van der Waals surface area contributed by atoms with E-state index in [1.165, 1.54) is 17.0 Å². The molecule has 1 aliphatic heterocycles. The van der Waals surface area contributed by atoms with Gasteiger partial charge in [0.25, 0.3) is 11.8 Å². The summed E-state index contributed by atoms with van der Waals surface area (Å²) in [4.78, 5) is 39.4. The summed E-state index contributed by atoms with van der Waals surface area (Å²) in [6.07, 6.45) is 0. The maximum absolute atomic E-state index is 13.2. The standard InChI is InChI=1S/C27H25ClFN3O4/c1-16(2)25(33)30-13-18-5-9-23(28)21(11-18)26(34)31-20-8-10-24-22(12-20)27(35)32(15-36-24)14-17-3-6-19(29)7-4-17/h3-12,16H,13-15H2,1-2H3,(H,30,33)(H,31,34). The Morgan fingerprint density at radius 2 is 1.78 bits per heavy atom. The molecule has 0 unspecified atom stereocenters. The van der Waals surface area contributed by atoms with Gasteiger partial charge in [0, 0.05) is 24.7 Å². The number of rotatable bonds is 7. The van der Waals surface area contributed by atoms with Crippen LogP contribution in [-0.2, 0) is 17.9 Å². The number of nitrogens with zero attached hydrogens (tertiary/aromatic N) is 1. The summed E-state index contributed by atoms with van der Waals surface area (Å²) in [7, 11) is 0. The first-order valence-corrected chi connectivity index (χ1v) is 11.8. The number of benzene rings is 3. The quantitative estimate of drug-likeness (QED) is 0.469. The number of nitrogens with one attached hydrogen (secondary N) is 2. The Morgan fingerprint density at radius 3 is 2.50 bits per heavy atom. The molecule has 0 radical (unpaired) electrons. The number of hydrogen-bond donors (Lipinski definition) is 2. The van der Waals surface area contributed by atoms with E-state index in [2.05, 4.69) is 10.6 Å². The molecule has 7 nitrogen and oxygen atoms in total. The third-order valence-electron chi connectivity index (χ3n) is 5.68. The van der Waals surface area contributed by atoms with E-state index in [9.17, 15) is 18.8 Å². The number of ether oxygens (including phenoxy) is 1. The highest BCUT2D eigenvalue weighted by atomic mass is 35.5. The molecule has 4 rings (SSSR count). The molecular weight excluding hydrogens is 485 g/mol. The first-order valence-electron chi connectivity index (χ1n) is 11.4. The van der Waals surface area contributed by atoms with Gasteiger partial charge in [0.15, 0.2) is 6.73 Å². The van der Waals surface area contributed by atoms with Crippen molar-refractivity contribution in [1.29, 1.82) is 0 Å². The molecule has 9 heteroatoms. The van der Waals surface area contributed by atoms with Crippen molar-refractivity contribution in [3.63, 3.8) is 0 Å². The second-order valence-electron chi connectivity index (χ2n) is 8.75. The normalized spacial score (nSPS) is 12.7. The molecule has 36 heavy (non-hydrogen) atoms. The molecular formula is C27H25ClFN3O4. The molecule has 2 N–H and O–H groups in total. The molecule has 0 fully saturated rings. The predicted molar refractivity (Wildman–Crippen MR) is 134 cm³/mol. The lowest BCUT2D eigenvalue weighted by Gasteiger charge is -2.29. The first-order chi connectivity index (χ1) is 17.2. The van der Waals surface area contributed by atoms with E-state index in [1.807, 2.05) is 0 Å². The Kier molecular flexibility index (Phi) is 7.55. The number of halogens is 2. The third-order valence-corrected chi connectivity index (χ3v) is 6.01. The van der Waals surface area contributed by atoms with Crippen molar-refractivity contribution in [3.05, 3.63) is 93.8 Å². The van der Waals surface area contributed by atoms with Gasteiger partial charge in [0.2, 0.25) is 5.91 Å². The molecule has 3 aromatic rings. The van der Waals surface area contributed by atoms with Gasteiger partial charge in [0.1, 0.15) is 11.6 Å². The van der Waals surface area contributed by atoms with Crippen LogP contribution in [0.5, 0.6) is 5.75 Å². The van der Waals surface area contributed by atoms with Crippen LogP contribution in [0, 0.1) is 11.7 Å². The van der Waals surface area contributed by atoms with Crippen molar-refractivity contribution in [2.24, 2.45) is 5.92 Å².